The van der Waals surface area contributed by atoms with Gasteiger partial charge in [-0.2, -0.15) is 0 Å². The van der Waals surface area contributed by atoms with Crippen molar-refractivity contribution in [2.75, 3.05) is 6.61 Å². The maximum Gasteiger partial charge on any atom is 0.338 e. The molecule has 1 atom stereocenters. The molecule has 0 aliphatic carbocycles. The summed E-state index contributed by atoms with van der Waals surface area (Å²) in [5, 5.41) is 0. The maximum absolute atomic E-state index is 12.1. The number of rotatable bonds is 13. The number of unbranched alkanes of at least 4 members (excludes halogenated alkanes) is 6. The van der Waals surface area contributed by atoms with Crippen molar-refractivity contribution in [3.05, 3.63) is 29.8 Å². The lowest BCUT2D eigenvalue weighted by Crippen LogP contribution is -2.15. The minimum atomic E-state index is -0.243. The summed E-state index contributed by atoms with van der Waals surface area (Å²) in [7, 11) is 0. The Balaban J connectivity index is 2.29. The fourth-order valence-electron chi connectivity index (χ4n) is 2.57. The standard InChI is InChI=1S/C21H34O3/c1-4-6-8-10-12-18(3)24-21(22)19-13-15-20(16-14-19)23-17-11-9-7-5-2/h13-16,18H,4-12,17H2,1-3H3. The van der Waals surface area contributed by atoms with Crippen molar-refractivity contribution >= 4 is 5.97 Å². The summed E-state index contributed by atoms with van der Waals surface area (Å²) in [6, 6.07) is 7.27. The van der Waals surface area contributed by atoms with Crippen molar-refractivity contribution in [3.63, 3.8) is 0 Å². The molecule has 0 aromatic heterocycles. The highest BCUT2D eigenvalue weighted by atomic mass is 16.5. The highest BCUT2D eigenvalue weighted by molar-refractivity contribution is 5.89. The molecule has 0 N–H and O–H groups in total. The third-order valence-electron chi connectivity index (χ3n) is 4.13. The predicted octanol–water partition coefficient (Wildman–Crippen LogP) is 6.16. The van der Waals surface area contributed by atoms with E-state index in [4.69, 9.17) is 9.47 Å². The molecule has 24 heavy (non-hydrogen) atoms. The predicted molar refractivity (Wildman–Crippen MR) is 99.7 cm³/mol. The van der Waals surface area contributed by atoms with E-state index >= 15 is 0 Å². The first-order valence-electron chi connectivity index (χ1n) is 9.61. The van der Waals surface area contributed by atoms with Crippen LogP contribution in [0.2, 0.25) is 0 Å². The van der Waals surface area contributed by atoms with E-state index < -0.39 is 0 Å². The molecule has 0 fully saturated rings. The Morgan fingerprint density at radius 3 is 2.17 bits per heavy atom. The Morgan fingerprint density at radius 1 is 0.917 bits per heavy atom. The molecule has 3 heteroatoms. The largest absolute Gasteiger partial charge is 0.494 e. The normalized spacial score (nSPS) is 12.0. The van der Waals surface area contributed by atoms with Gasteiger partial charge in [0.25, 0.3) is 0 Å². The Labute approximate surface area is 147 Å². The number of hydrogen-bond donors (Lipinski definition) is 0. The van der Waals surface area contributed by atoms with Gasteiger partial charge < -0.3 is 9.47 Å². The van der Waals surface area contributed by atoms with Gasteiger partial charge in [0.1, 0.15) is 5.75 Å². The maximum atomic E-state index is 12.1. The van der Waals surface area contributed by atoms with Crippen LogP contribution in [0.1, 0.15) is 88.9 Å². The average Bonchev–Trinajstić information content (AvgIpc) is 2.59. The van der Waals surface area contributed by atoms with E-state index in [0.717, 1.165) is 31.6 Å². The van der Waals surface area contributed by atoms with Crippen LogP contribution in [0.3, 0.4) is 0 Å². The van der Waals surface area contributed by atoms with Gasteiger partial charge in [-0.15, -0.1) is 0 Å². The van der Waals surface area contributed by atoms with E-state index in [1.54, 1.807) is 12.1 Å². The molecule has 0 saturated carbocycles. The van der Waals surface area contributed by atoms with Crippen molar-refractivity contribution in [2.24, 2.45) is 0 Å². The van der Waals surface area contributed by atoms with Gasteiger partial charge in [0.15, 0.2) is 0 Å². The quantitative estimate of drug-likeness (QED) is 0.320. The number of ether oxygens (including phenoxy) is 2. The van der Waals surface area contributed by atoms with E-state index in [1.165, 1.54) is 38.5 Å². The van der Waals surface area contributed by atoms with Gasteiger partial charge in [-0.1, -0.05) is 52.4 Å². The van der Waals surface area contributed by atoms with Crippen LogP contribution in [0.25, 0.3) is 0 Å². The van der Waals surface area contributed by atoms with E-state index in [9.17, 15) is 4.79 Å². The summed E-state index contributed by atoms with van der Waals surface area (Å²) < 4.78 is 11.2. The van der Waals surface area contributed by atoms with E-state index in [0.29, 0.717) is 5.56 Å². The topological polar surface area (TPSA) is 35.5 Å². The molecule has 0 radical (unpaired) electrons. The summed E-state index contributed by atoms with van der Waals surface area (Å²) in [6.07, 6.45) is 10.5. The van der Waals surface area contributed by atoms with Crippen LogP contribution in [0.15, 0.2) is 24.3 Å². The van der Waals surface area contributed by atoms with Crippen LogP contribution in [-0.4, -0.2) is 18.7 Å². The first-order valence-corrected chi connectivity index (χ1v) is 9.61. The second-order valence-corrected chi connectivity index (χ2v) is 6.50. The molecule has 0 spiro atoms. The Bertz CT molecular complexity index is 439. The van der Waals surface area contributed by atoms with E-state index in [2.05, 4.69) is 13.8 Å². The molecule has 136 valence electrons. The molecule has 1 aromatic rings. The van der Waals surface area contributed by atoms with Gasteiger partial charge in [0.2, 0.25) is 0 Å². The number of esters is 1. The van der Waals surface area contributed by atoms with Crippen molar-refractivity contribution in [1.82, 2.24) is 0 Å². The minimum Gasteiger partial charge on any atom is -0.494 e. The van der Waals surface area contributed by atoms with Gasteiger partial charge in [-0.05, 0) is 50.5 Å². The van der Waals surface area contributed by atoms with Crippen molar-refractivity contribution in [2.45, 2.75) is 84.7 Å². The van der Waals surface area contributed by atoms with Crippen LogP contribution in [0, 0.1) is 0 Å². The molecule has 0 bridgehead atoms. The fourth-order valence-corrected chi connectivity index (χ4v) is 2.57. The second kappa shape index (κ2) is 12.9. The second-order valence-electron chi connectivity index (χ2n) is 6.50. The summed E-state index contributed by atoms with van der Waals surface area (Å²) in [4.78, 5) is 12.1. The molecular weight excluding hydrogens is 300 g/mol. The molecule has 0 aliphatic heterocycles. The van der Waals surface area contributed by atoms with Crippen LogP contribution < -0.4 is 4.74 Å². The SMILES string of the molecule is CCCCCCOc1ccc(C(=O)OC(C)CCCCCC)cc1. The molecular formula is C21H34O3. The van der Waals surface area contributed by atoms with Crippen molar-refractivity contribution in [3.8, 4) is 5.75 Å². The molecule has 0 heterocycles. The minimum absolute atomic E-state index is 0.0242. The van der Waals surface area contributed by atoms with Crippen molar-refractivity contribution in [1.29, 1.82) is 0 Å². The highest BCUT2D eigenvalue weighted by Crippen LogP contribution is 2.15. The van der Waals surface area contributed by atoms with Crippen molar-refractivity contribution < 1.29 is 14.3 Å². The zero-order chi connectivity index (χ0) is 17.6. The first-order chi connectivity index (χ1) is 11.7. The van der Waals surface area contributed by atoms with Gasteiger partial charge in [-0.3, -0.25) is 0 Å². The molecule has 0 saturated heterocycles. The molecule has 0 aliphatic rings. The molecule has 1 aromatic carbocycles. The summed E-state index contributed by atoms with van der Waals surface area (Å²) >= 11 is 0. The molecule has 3 nitrogen and oxygen atoms in total. The first kappa shape index (κ1) is 20.5. The lowest BCUT2D eigenvalue weighted by atomic mass is 10.1. The number of carbonyl (C=O) groups excluding carboxylic acids is 1. The smallest absolute Gasteiger partial charge is 0.338 e. The summed E-state index contributed by atoms with van der Waals surface area (Å²) in [5.41, 5.74) is 0.591. The zero-order valence-corrected chi connectivity index (χ0v) is 15.7. The Morgan fingerprint density at radius 2 is 1.54 bits per heavy atom. The Hall–Kier alpha value is -1.51. The van der Waals surface area contributed by atoms with Gasteiger partial charge >= 0.3 is 5.97 Å². The fraction of sp³-hybridized carbons (Fsp3) is 0.667. The van der Waals surface area contributed by atoms with Crippen LogP contribution in [0.4, 0.5) is 0 Å². The molecule has 1 rings (SSSR count). The highest BCUT2D eigenvalue weighted by Gasteiger charge is 2.12. The van der Waals surface area contributed by atoms with Crippen LogP contribution in [0.5, 0.6) is 5.75 Å². The third kappa shape index (κ3) is 8.95. The number of benzene rings is 1. The molecule has 1 unspecified atom stereocenters. The zero-order valence-electron chi connectivity index (χ0n) is 15.7. The van der Waals surface area contributed by atoms with E-state index in [1.807, 2.05) is 19.1 Å². The van der Waals surface area contributed by atoms with Gasteiger partial charge in [0.05, 0.1) is 18.3 Å². The Kier molecular flexibility index (Phi) is 11.0. The number of carbonyl (C=O) groups is 1. The number of hydrogen-bond acceptors (Lipinski definition) is 3. The summed E-state index contributed by atoms with van der Waals surface area (Å²) in [5.74, 6) is 0.572. The lowest BCUT2D eigenvalue weighted by molar-refractivity contribution is 0.0319. The molecule has 0 amide bonds. The van der Waals surface area contributed by atoms with Crippen LogP contribution >= 0.6 is 0 Å². The average molecular weight is 335 g/mol. The van der Waals surface area contributed by atoms with Crippen LogP contribution in [-0.2, 0) is 4.74 Å². The van der Waals surface area contributed by atoms with Gasteiger partial charge in [-0.25, -0.2) is 4.79 Å². The van der Waals surface area contributed by atoms with Gasteiger partial charge in [0, 0.05) is 0 Å². The van der Waals surface area contributed by atoms with E-state index in [-0.39, 0.29) is 12.1 Å². The summed E-state index contributed by atoms with van der Waals surface area (Å²) in [6.45, 7) is 7.10. The lowest BCUT2D eigenvalue weighted by Gasteiger charge is -2.13. The monoisotopic (exact) mass is 334 g/mol. The third-order valence-corrected chi connectivity index (χ3v) is 4.13.